The first-order chi connectivity index (χ1) is 7.06. The van der Waals surface area contributed by atoms with Crippen LogP contribution < -0.4 is 11.1 Å². The molecule has 0 aromatic rings. The topological polar surface area (TPSA) is 87.7 Å². The minimum absolute atomic E-state index is 0.0161. The number of hydrogen-bond donors (Lipinski definition) is 3. The third kappa shape index (κ3) is 4.67. The van der Waals surface area contributed by atoms with Crippen LogP contribution in [0.1, 0.15) is 40.0 Å². The standard InChI is InChI=1S/C10H21N3O2/c1-4-6-8(9(11)13-15)10(14)12-7(3)5-2/h7-8,15H,4-6H2,1-3H3,(H2,11,13)(H,12,14). The van der Waals surface area contributed by atoms with Crippen LogP contribution in [-0.2, 0) is 4.79 Å². The number of amidine groups is 1. The van der Waals surface area contributed by atoms with Gasteiger partial charge in [-0.15, -0.1) is 0 Å². The number of hydrogen-bond acceptors (Lipinski definition) is 3. The van der Waals surface area contributed by atoms with E-state index in [9.17, 15) is 4.79 Å². The molecule has 2 atom stereocenters. The third-order valence-electron chi connectivity index (χ3n) is 2.37. The monoisotopic (exact) mass is 215 g/mol. The molecule has 15 heavy (non-hydrogen) atoms. The molecule has 0 radical (unpaired) electrons. The minimum atomic E-state index is -0.519. The average Bonchev–Trinajstić information content (AvgIpc) is 2.24. The van der Waals surface area contributed by atoms with Crippen molar-refractivity contribution in [1.82, 2.24) is 5.32 Å². The van der Waals surface area contributed by atoms with E-state index in [0.717, 1.165) is 12.8 Å². The van der Waals surface area contributed by atoms with Crippen LogP contribution in [0, 0.1) is 5.92 Å². The van der Waals surface area contributed by atoms with E-state index in [4.69, 9.17) is 10.9 Å². The van der Waals surface area contributed by atoms with Gasteiger partial charge in [-0.25, -0.2) is 0 Å². The fourth-order valence-corrected chi connectivity index (χ4v) is 1.22. The van der Waals surface area contributed by atoms with Gasteiger partial charge in [0.05, 0.1) is 5.92 Å². The molecular weight excluding hydrogens is 194 g/mol. The van der Waals surface area contributed by atoms with Crippen LogP contribution in [0.2, 0.25) is 0 Å². The first-order valence-electron chi connectivity index (χ1n) is 5.34. The van der Waals surface area contributed by atoms with E-state index in [2.05, 4.69) is 10.5 Å². The second-order valence-corrected chi connectivity index (χ2v) is 3.68. The van der Waals surface area contributed by atoms with Crippen LogP contribution in [0.15, 0.2) is 5.16 Å². The van der Waals surface area contributed by atoms with Crippen molar-refractivity contribution in [2.24, 2.45) is 16.8 Å². The van der Waals surface area contributed by atoms with E-state index in [1.54, 1.807) is 0 Å². The maximum atomic E-state index is 11.7. The SMILES string of the molecule is CCCC(C(=O)NC(C)CC)C(N)=NO. The van der Waals surface area contributed by atoms with Crippen LogP contribution in [-0.4, -0.2) is 23.0 Å². The summed E-state index contributed by atoms with van der Waals surface area (Å²) in [5, 5.41) is 14.3. The van der Waals surface area contributed by atoms with Crippen LogP contribution in [0.4, 0.5) is 0 Å². The normalized spacial score (nSPS) is 15.8. The molecule has 88 valence electrons. The highest BCUT2D eigenvalue weighted by Crippen LogP contribution is 2.07. The lowest BCUT2D eigenvalue weighted by Crippen LogP contribution is -2.42. The number of nitrogens with two attached hydrogens (primary N) is 1. The number of nitrogens with one attached hydrogen (secondary N) is 1. The lowest BCUT2D eigenvalue weighted by molar-refractivity contribution is -0.123. The van der Waals surface area contributed by atoms with Crippen molar-refractivity contribution in [1.29, 1.82) is 0 Å². The molecule has 5 nitrogen and oxygen atoms in total. The average molecular weight is 215 g/mol. The Labute approximate surface area is 90.7 Å². The van der Waals surface area contributed by atoms with E-state index >= 15 is 0 Å². The van der Waals surface area contributed by atoms with Gasteiger partial charge in [0.15, 0.2) is 5.84 Å². The van der Waals surface area contributed by atoms with Gasteiger partial charge in [0, 0.05) is 6.04 Å². The van der Waals surface area contributed by atoms with Crippen LogP contribution >= 0.6 is 0 Å². The van der Waals surface area contributed by atoms with Gasteiger partial charge in [-0.3, -0.25) is 4.79 Å². The van der Waals surface area contributed by atoms with Gasteiger partial charge in [0.2, 0.25) is 5.91 Å². The van der Waals surface area contributed by atoms with Crippen molar-refractivity contribution in [3.63, 3.8) is 0 Å². The molecule has 4 N–H and O–H groups in total. The predicted octanol–water partition coefficient (Wildman–Crippen LogP) is 1.06. The van der Waals surface area contributed by atoms with Crippen molar-refractivity contribution in [2.75, 3.05) is 0 Å². The van der Waals surface area contributed by atoms with Crippen molar-refractivity contribution >= 4 is 11.7 Å². The number of oxime groups is 1. The fourth-order valence-electron chi connectivity index (χ4n) is 1.22. The molecule has 1 amide bonds. The minimum Gasteiger partial charge on any atom is -0.409 e. The zero-order valence-electron chi connectivity index (χ0n) is 9.66. The summed E-state index contributed by atoms with van der Waals surface area (Å²) in [6.45, 7) is 5.87. The highest BCUT2D eigenvalue weighted by atomic mass is 16.4. The van der Waals surface area contributed by atoms with Gasteiger partial charge >= 0.3 is 0 Å². The quantitative estimate of drug-likeness (QED) is 0.268. The van der Waals surface area contributed by atoms with Crippen molar-refractivity contribution in [3.8, 4) is 0 Å². The van der Waals surface area contributed by atoms with Crippen LogP contribution in [0.5, 0.6) is 0 Å². The molecule has 0 aliphatic rings. The molecule has 2 unspecified atom stereocenters. The zero-order valence-corrected chi connectivity index (χ0v) is 9.66. The van der Waals surface area contributed by atoms with Crippen LogP contribution in [0.3, 0.4) is 0 Å². The van der Waals surface area contributed by atoms with Gasteiger partial charge in [-0.2, -0.15) is 0 Å². The zero-order chi connectivity index (χ0) is 11.8. The van der Waals surface area contributed by atoms with Gasteiger partial charge in [0.25, 0.3) is 0 Å². The smallest absolute Gasteiger partial charge is 0.231 e. The maximum Gasteiger partial charge on any atom is 0.231 e. The largest absolute Gasteiger partial charge is 0.409 e. The van der Waals surface area contributed by atoms with Crippen LogP contribution in [0.25, 0.3) is 0 Å². The Hall–Kier alpha value is -1.26. The van der Waals surface area contributed by atoms with E-state index in [-0.39, 0.29) is 17.8 Å². The Balaban J connectivity index is 4.42. The molecule has 0 aliphatic heterocycles. The molecule has 5 heteroatoms. The van der Waals surface area contributed by atoms with E-state index < -0.39 is 5.92 Å². The highest BCUT2D eigenvalue weighted by molar-refractivity contribution is 6.02. The summed E-state index contributed by atoms with van der Waals surface area (Å²) in [7, 11) is 0. The summed E-state index contributed by atoms with van der Waals surface area (Å²) < 4.78 is 0. The number of carbonyl (C=O) groups excluding carboxylic acids is 1. The Morgan fingerprint density at radius 2 is 2.13 bits per heavy atom. The van der Waals surface area contributed by atoms with E-state index in [1.807, 2.05) is 20.8 Å². The summed E-state index contributed by atoms with van der Waals surface area (Å²) in [6, 6.07) is 0.114. The van der Waals surface area contributed by atoms with Gasteiger partial charge in [-0.1, -0.05) is 25.4 Å². The van der Waals surface area contributed by atoms with E-state index in [1.165, 1.54) is 0 Å². The second-order valence-electron chi connectivity index (χ2n) is 3.68. The molecule has 0 heterocycles. The van der Waals surface area contributed by atoms with Crippen molar-refractivity contribution in [2.45, 2.75) is 46.1 Å². The molecule has 0 saturated heterocycles. The summed E-state index contributed by atoms with van der Waals surface area (Å²) in [6.07, 6.45) is 2.27. The molecule has 0 spiro atoms. The van der Waals surface area contributed by atoms with Crippen molar-refractivity contribution in [3.05, 3.63) is 0 Å². The van der Waals surface area contributed by atoms with Crippen molar-refractivity contribution < 1.29 is 10.0 Å². The maximum absolute atomic E-state index is 11.7. The lowest BCUT2D eigenvalue weighted by atomic mass is 10.0. The summed E-state index contributed by atoms with van der Waals surface area (Å²) >= 11 is 0. The second kappa shape index (κ2) is 7.09. The summed E-state index contributed by atoms with van der Waals surface area (Å²) in [4.78, 5) is 11.7. The van der Waals surface area contributed by atoms with Gasteiger partial charge in [0.1, 0.15) is 0 Å². The Bertz CT molecular complexity index is 229. The third-order valence-corrected chi connectivity index (χ3v) is 2.37. The number of carbonyl (C=O) groups is 1. The summed E-state index contributed by atoms with van der Waals surface area (Å²) in [5.41, 5.74) is 5.46. The Kier molecular flexibility index (Phi) is 6.49. The molecule has 0 aliphatic carbocycles. The highest BCUT2D eigenvalue weighted by Gasteiger charge is 2.22. The molecule has 0 bridgehead atoms. The molecule has 0 rings (SSSR count). The lowest BCUT2D eigenvalue weighted by Gasteiger charge is -2.17. The Morgan fingerprint density at radius 3 is 2.53 bits per heavy atom. The molecule has 0 aromatic heterocycles. The van der Waals surface area contributed by atoms with E-state index in [0.29, 0.717) is 6.42 Å². The van der Waals surface area contributed by atoms with Gasteiger partial charge in [-0.05, 0) is 19.8 Å². The molecule has 0 fully saturated rings. The molecule has 0 aromatic carbocycles. The molecule has 0 saturated carbocycles. The fraction of sp³-hybridized carbons (Fsp3) is 0.800. The first kappa shape index (κ1) is 13.7. The Morgan fingerprint density at radius 1 is 1.53 bits per heavy atom. The predicted molar refractivity (Wildman–Crippen MR) is 59.7 cm³/mol. The first-order valence-corrected chi connectivity index (χ1v) is 5.34. The number of rotatable bonds is 6. The number of amides is 1. The number of nitrogens with zero attached hydrogens (tertiary/aromatic N) is 1. The molecular formula is C10H21N3O2. The summed E-state index contributed by atoms with van der Waals surface area (Å²) in [5.74, 6) is -0.701. The van der Waals surface area contributed by atoms with Gasteiger partial charge < -0.3 is 16.3 Å².